The Bertz CT molecular complexity index is 956. The van der Waals surface area contributed by atoms with Crippen LogP contribution in [0.3, 0.4) is 0 Å². The number of carbonyl (C=O) groups is 2. The van der Waals surface area contributed by atoms with Crippen LogP contribution in [-0.2, 0) is 0 Å². The Morgan fingerprint density at radius 3 is 2.72 bits per heavy atom. The molecule has 0 saturated heterocycles. The van der Waals surface area contributed by atoms with Crippen LogP contribution in [-0.4, -0.2) is 66.0 Å². The number of urea groups is 1. The highest BCUT2D eigenvalue weighted by Crippen LogP contribution is 2.35. The van der Waals surface area contributed by atoms with Crippen molar-refractivity contribution in [3.05, 3.63) is 35.2 Å². The molecule has 4 N–H and O–H groups in total. The quantitative estimate of drug-likeness (QED) is 0.537. The van der Waals surface area contributed by atoms with Crippen molar-refractivity contribution in [2.75, 3.05) is 37.4 Å². The molecule has 0 unspecified atom stereocenters. The van der Waals surface area contributed by atoms with Crippen LogP contribution < -0.4 is 20.7 Å². The van der Waals surface area contributed by atoms with Crippen LogP contribution in [0.2, 0.25) is 0 Å². The molecule has 0 spiro atoms. The first kappa shape index (κ1) is 23.6. The molecule has 0 aliphatic carbocycles. The number of hydrogen-bond donors (Lipinski definition) is 4. The van der Waals surface area contributed by atoms with Gasteiger partial charge in [0.15, 0.2) is 11.5 Å². The minimum absolute atomic E-state index is 0.0160. The number of anilines is 2. The van der Waals surface area contributed by atoms with Crippen LogP contribution >= 0.6 is 0 Å². The van der Waals surface area contributed by atoms with E-state index in [2.05, 4.69) is 21.1 Å². The monoisotopic (exact) mass is 445 g/mol. The fourth-order valence-corrected chi connectivity index (χ4v) is 3.72. The summed E-state index contributed by atoms with van der Waals surface area (Å²) in [4.78, 5) is 27.7. The maximum absolute atomic E-state index is 13.4. The lowest BCUT2D eigenvalue weighted by Gasteiger charge is -2.37. The van der Waals surface area contributed by atoms with Crippen LogP contribution in [0.4, 0.5) is 16.2 Å². The van der Waals surface area contributed by atoms with Crippen molar-refractivity contribution in [1.82, 2.24) is 15.4 Å². The van der Waals surface area contributed by atoms with Gasteiger partial charge in [-0.1, -0.05) is 18.1 Å². The molecule has 174 valence electrons. The number of likely N-dealkylation sites (N-methyl/N-ethyl adjacent to an activating group) is 1. The second-order valence-electron chi connectivity index (χ2n) is 8.14. The van der Waals surface area contributed by atoms with Gasteiger partial charge in [0.2, 0.25) is 0 Å². The summed E-state index contributed by atoms with van der Waals surface area (Å²) in [7, 11) is 1.83. The third-order valence-corrected chi connectivity index (χ3v) is 5.62. The number of rotatable bonds is 6. The first-order valence-corrected chi connectivity index (χ1v) is 10.6. The van der Waals surface area contributed by atoms with Gasteiger partial charge in [-0.05, 0) is 40.0 Å². The average Bonchev–Trinajstić information content (AvgIpc) is 3.08. The van der Waals surface area contributed by atoms with E-state index in [1.165, 1.54) is 0 Å². The highest BCUT2D eigenvalue weighted by Gasteiger charge is 2.34. The maximum Gasteiger partial charge on any atom is 0.323 e. The van der Waals surface area contributed by atoms with E-state index in [1.54, 1.807) is 43.9 Å². The number of aliphatic hydroxyl groups excluding tert-OH is 1. The van der Waals surface area contributed by atoms with Crippen LogP contribution in [0.1, 0.15) is 35.7 Å². The summed E-state index contributed by atoms with van der Waals surface area (Å²) >= 11 is 0. The van der Waals surface area contributed by atoms with E-state index in [9.17, 15) is 14.7 Å². The van der Waals surface area contributed by atoms with Crippen LogP contribution in [0.25, 0.3) is 0 Å². The molecule has 3 amide bonds. The van der Waals surface area contributed by atoms with E-state index in [4.69, 9.17) is 9.26 Å². The largest absolute Gasteiger partial charge is 0.486 e. The van der Waals surface area contributed by atoms with Gasteiger partial charge in [0.25, 0.3) is 5.91 Å². The zero-order valence-electron chi connectivity index (χ0n) is 19.1. The molecule has 0 fully saturated rings. The van der Waals surface area contributed by atoms with Crippen molar-refractivity contribution in [1.29, 1.82) is 0 Å². The summed E-state index contributed by atoms with van der Waals surface area (Å²) in [5.41, 5.74) is 1.74. The number of carbonyl (C=O) groups excluding carboxylic acids is 2. The van der Waals surface area contributed by atoms with Gasteiger partial charge >= 0.3 is 6.03 Å². The zero-order valence-corrected chi connectivity index (χ0v) is 19.1. The molecule has 0 radical (unpaired) electrons. The highest BCUT2D eigenvalue weighted by molar-refractivity contribution is 6.04. The van der Waals surface area contributed by atoms with E-state index in [1.807, 2.05) is 14.0 Å². The van der Waals surface area contributed by atoms with Crippen molar-refractivity contribution >= 4 is 23.3 Å². The van der Waals surface area contributed by atoms with Gasteiger partial charge < -0.3 is 35.2 Å². The van der Waals surface area contributed by atoms with Gasteiger partial charge in [0, 0.05) is 19.0 Å². The number of ether oxygens (including phenoxy) is 1. The predicted octanol–water partition coefficient (Wildman–Crippen LogP) is 2.37. The van der Waals surface area contributed by atoms with Gasteiger partial charge in [-0.2, -0.15) is 0 Å². The van der Waals surface area contributed by atoms with Crippen molar-refractivity contribution in [3.8, 4) is 5.75 Å². The number of benzene rings is 1. The van der Waals surface area contributed by atoms with Crippen molar-refractivity contribution in [3.63, 3.8) is 0 Å². The second kappa shape index (κ2) is 10.0. The Hall–Kier alpha value is -3.11. The van der Waals surface area contributed by atoms with Crippen molar-refractivity contribution in [2.45, 2.75) is 39.8 Å². The molecule has 10 heteroatoms. The fourth-order valence-electron chi connectivity index (χ4n) is 3.72. The number of nitrogens with one attached hydrogen (secondary N) is 3. The van der Waals surface area contributed by atoms with Gasteiger partial charge in [-0.3, -0.25) is 4.79 Å². The molecule has 1 aromatic carbocycles. The zero-order chi connectivity index (χ0) is 23.4. The minimum Gasteiger partial charge on any atom is -0.486 e. The predicted molar refractivity (Wildman–Crippen MR) is 120 cm³/mol. The molecule has 1 aliphatic rings. The van der Waals surface area contributed by atoms with Crippen LogP contribution in [0.5, 0.6) is 5.75 Å². The maximum atomic E-state index is 13.4. The van der Waals surface area contributed by atoms with Gasteiger partial charge in [0.05, 0.1) is 23.9 Å². The number of nitrogens with zero attached hydrogens (tertiary/aromatic N) is 2. The fraction of sp³-hybridized carbons (Fsp3) is 0.500. The Labute approximate surface area is 187 Å². The Morgan fingerprint density at radius 2 is 2.09 bits per heavy atom. The standard InChI is InChI=1S/C22H31N5O5/c1-12-10-27(13(2)11-28)21(29)16-7-6-8-17(20(16)31-18(12)9-23-5)24-22(30)25-19-14(3)26-32-15(19)4/h6-8,12-13,18,23,28H,9-11H2,1-5H3,(H2,24,25,30)/t12-,13+,18+/m0/s1. The molecule has 2 aromatic rings. The summed E-state index contributed by atoms with van der Waals surface area (Å²) < 4.78 is 11.4. The van der Waals surface area contributed by atoms with E-state index in [-0.39, 0.29) is 30.6 Å². The van der Waals surface area contributed by atoms with Gasteiger partial charge in [-0.15, -0.1) is 0 Å². The summed E-state index contributed by atoms with van der Waals surface area (Å²) in [6.07, 6.45) is -0.256. The normalized spacial score (nSPS) is 19.4. The molecule has 3 rings (SSSR count). The third-order valence-electron chi connectivity index (χ3n) is 5.62. The molecule has 10 nitrogen and oxygen atoms in total. The molecule has 1 aliphatic heterocycles. The molecule has 0 saturated carbocycles. The third kappa shape index (κ3) is 4.86. The van der Waals surface area contributed by atoms with Crippen LogP contribution in [0.15, 0.2) is 22.7 Å². The SMILES string of the molecule is CNC[C@H]1Oc2c(NC(=O)Nc3c(C)noc3C)cccc2C(=O)N([C@H](C)CO)C[C@@H]1C. The molecule has 3 atom stereocenters. The smallest absolute Gasteiger partial charge is 0.323 e. The number of hydrogen-bond acceptors (Lipinski definition) is 7. The van der Waals surface area contributed by atoms with E-state index >= 15 is 0 Å². The van der Waals surface area contributed by atoms with Gasteiger partial charge in [-0.25, -0.2) is 4.79 Å². The number of para-hydroxylation sites is 1. The summed E-state index contributed by atoms with van der Waals surface area (Å²) in [6, 6.07) is 4.17. The molecular formula is C22H31N5O5. The molecule has 32 heavy (non-hydrogen) atoms. The number of aromatic nitrogens is 1. The average molecular weight is 446 g/mol. The summed E-state index contributed by atoms with van der Waals surface area (Å²) in [5.74, 6) is 0.515. The topological polar surface area (TPSA) is 129 Å². The second-order valence-corrected chi connectivity index (χ2v) is 8.14. The Morgan fingerprint density at radius 1 is 1.34 bits per heavy atom. The molecular weight excluding hydrogens is 414 g/mol. The molecule has 0 bridgehead atoms. The van der Waals surface area contributed by atoms with Crippen molar-refractivity contribution < 1.29 is 24.0 Å². The van der Waals surface area contributed by atoms with Crippen molar-refractivity contribution in [2.24, 2.45) is 5.92 Å². The van der Waals surface area contributed by atoms with E-state index in [0.717, 1.165) is 0 Å². The number of fused-ring (bicyclic) bond motifs is 1. The minimum atomic E-state index is -0.510. The first-order valence-electron chi connectivity index (χ1n) is 10.6. The lowest BCUT2D eigenvalue weighted by Crippen LogP contribution is -2.49. The number of amides is 3. The summed E-state index contributed by atoms with van der Waals surface area (Å²) in [6.45, 7) is 8.08. The molecule has 2 heterocycles. The molecule has 1 aromatic heterocycles. The lowest BCUT2D eigenvalue weighted by atomic mass is 9.99. The lowest BCUT2D eigenvalue weighted by molar-refractivity contribution is 0.0417. The Balaban J connectivity index is 1.97. The number of aliphatic hydroxyl groups is 1. The van der Waals surface area contributed by atoms with Gasteiger partial charge in [0.1, 0.15) is 17.5 Å². The summed E-state index contributed by atoms with van der Waals surface area (Å²) in [5, 5.41) is 22.2. The highest BCUT2D eigenvalue weighted by atomic mass is 16.5. The van der Waals surface area contributed by atoms with E-state index in [0.29, 0.717) is 47.2 Å². The van der Waals surface area contributed by atoms with Crippen LogP contribution in [0, 0.1) is 19.8 Å². The number of aryl methyl sites for hydroxylation is 2. The van der Waals surface area contributed by atoms with E-state index < -0.39 is 6.03 Å². The first-order chi connectivity index (χ1) is 15.3. The Kier molecular flexibility index (Phi) is 7.37.